The number of halogens is 1. The molecule has 0 amide bonds. The zero-order chi connectivity index (χ0) is 14.9. The van der Waals surface area contributed by atoms with Crippen LogP contribution in [0.15, 0.2) is 60.7 Å². The third-order valence-electron chi connectivity index (χ3n) is 3.26. The second-order valence-electron chi connectivity index (χ2n) is 5.00. The van der Waals surface area contributed by atoms with Crippen molar-refractivity contribution >= 4 is 17.2 Å². The number of hydrogen-bond acceptors (Lipinski definition) is 1. The third kappa shape index (κ3) is 5.37. The van der Waals surface area contributed by atoms with Gasteiger partial charge >= 0.3 is 0 Å². The van der Waals surface area contributed by atoms with Crippen LogP contribution in [-0.4, -0.2) is 6.61 Å². The highest BCUT2D eigenvalue weighted by Gasteiger charge is 2.02. The Morgan fingerprint density at radius 1 is 1.05 bits per heavy atom. The first-order valence-electron chi connectivity index (χ1n) is 7.36. The Morgan fingerprint density at radius 2 is 1.76 bits per heavy atom. The molecule has 0 unspecified atom stereocenters. The summed E-state index contributed by atoms with van der Waals surface area (Å²) in [4.78, 5) is 0. The maximum absolute atomic E-state index is 5.88. The average Bonchev–Trinajstić information content (AvgIpc) is 2.53. The molecule has 0 saturated carbocycles. The Labute approximate surface area is 132 Å². The largest absolute Gasteiger partial charge is 0.372 e. The van der Waals surface area contributed by atoms with Gasteiger partial charge in [-0.25, -0.2) is 0 Å². The Balaban J connectivity index is 1.95. The number of unbranched alkanes of at least 4 members (excludes halogenated alkanes) is 1. The van der Waals surface area contributed by atoms with Gasteiger partial charge in [0.2, 0.25) is 0 Å². The molecular weight excluding hydrogens is 280 g/mol. The van der Waals surface area contributed by atoms with Crippen molar-refractivity contribution in [3.63, 3.8) is 0 Å². The summed E-state index contributed by atoms with van der Waals surface area (Å²) in [5.74, 6) is 0. The normalized spacial score (nSPS) is 11.6. The molecule has 0 bridgehead atoms. The zero-order valence-electron chi connectivity index (χ0n) is 12.4. The van der Waals surface area contributed by atoms with Crippen molar-refractivity contribution < 1.29 is 4.74 Å². The van der Waals surface area contributed by atoms with Gasteiger partial charge in [-0.2, -0.15) is 0 Å². The van der Waals surface area contributed by atoms with Crippen LogP contribution < -0.4 is 0 Å². The van der Waals surface area contributed by atoms with Crippen molar-refractivity contribution in [3.8, 4) is 0 Å². The van der Waals surface area contributed by atoms with Crippen LogP contribution >= 0.6 is 11.6 Å². The van der Waals surface area contributed by atoms with E-state index in [0.717, 1.165) is 23.4 Å². The summed E-state index contributed by atoms with van der Waals surface area (Å²) in [6.07, 6.45) is 4.50. The fraction of sp³-hybridized carbons (Fsp3) is 0.263. The van der Waals surface area contributed by atoms with E-state index in [4.69, 9.17) is 16.3 Å². The summed E-state index contributed by atoms with van der Waals surface area (Å²) in [6.45, 7) is 3.42. The van der Waals surface area contributed by atoms with Crippen LogP contribution in [0.4, 0.5) is 0 Å². The molecule has 0 aliphatic carbocycles. The fourth-order valence-corrected chi connectivity index (χ4v) is 2.22. The fourth-order valence-electron chi connectivity index (χ4n) is 2.09. The Morgan fingerprint density at radius 3 is 2.43 bits per heavy atom. The molecule has 0 N–H and O–H groups in total. The van der Waals surface area contributed by atoms with E-state index in [1.165, 1.54) is 11.1 Å². The van der Waals surface area contributed by atoms with Gasteiger partial charge in [0.05, 0.1) is 13.2 Å². The molecule has 0 atom stereocenters. The standard InChI is InChI=1S/C19H21ClO/c1-2-3-7-18(17-8-5-4-6-9-17)15-21-14-16-10-12-19(20)13-11-16/h4-13H,2-3,14-15H2,1H3/b18-7-. The summed E-state index contributed by atoms with van der Waals surface area (Å²) in [7, 11) is 0. The van der Waals surface area contributed by atoms with E-state index in [-0.39, 0.29) is 0 Å². The van der Waals surface area contributed by atoms with Crippen molar-refractivity contribution in [2.45, 2.75) is 26.4 Å². The van der Waals surface area contributed by atoms with Gasteiger partial charge in [0.15, 0.2) is 0 Å². The molecule has 2 aromatic carbocycles. The minimum Gasteiger partial charge on any atom is -0.372 e. The highest BCUT2D eigenvalue weighted by molar-refractivity contribution is 6.30. The molecule has 1 nitrogen and oxygen atoms in total. The van der Waals surface area contributed by atoms with Gasteiger partial charge in [-0.1, -0.05) is 73.5 Å². The summed E-state index contributed by atoms with van der Waals surface area (Å²) in [5.41, 5.74) is 3.63. The topological polar surface area (TPSA) is 9.23 Å². The molecule has 0 spiro atoms. The predicted octanol–water partition coefficient (Wildman–Crippen LogP) is 5.74. The first-order valence-corrected chi connectivity index (χ1v) is 7.74. The van der Waals surface area contributed by atoms with E-state index in [9.17, 15) is 0 Å². The first-order chi connectivity index (χ1) is 10.3. The lowest BCUT2D eigenvalue weighted by molar-refractivity contribution is 0.153. The molecule has 2 heteroatoms. The Hall–Kier alpha value is -1.57. The molecule has 0 aliphatic heterocycles. The lowest BCUT2D eigenvalue weighted by atomic mass is 10.1. The number of ether oxygens (including phenoxy) is 1. The van der Waals surface area contributed by atoms with E-state index in [0.29, 0.717) is 13.2 Å². The number of allylic oxidation sites excluding steroid dienone is 1. The van der Waals surface area contributed by atoms with E-state index < -0.39 is 0 Å². The van der Waals surface area contributed by atoms with E-state index in [1.54, 1.807) is 0 Å². The molecule has 0 aromatic heterocycles. The van der Waals surface area contributed by atoms with Crippen LogP contribution in [0.5, 0.6) is 0 Å². The highest BCUT2D eigenvalue weighted by atomic mass is 35.5. The van der Waals surface area contributed by atoms with Crippen molar-refractivity contribution in [2.75, 3.05) is 6.61 Å². The molecule has 0 saturated heterocycles. The molecule has 0 heterocycles. The predicted molar refractivity (Wildman–Crippen MR) is 90.4 cm³/mol. The van der Waals surface area contributed by atoms with Gasteiger partial charge in [0.1, 0.15) is 0 Å². The molecule has 2 rings (SSSR count). The number of hydrogen-bond donors (Lipinski definition) is 0. The molecule has 0 aliphatic rings. The maximum Gasteiger partial charge on any atom is 0.0724 e. The molecule has 21 heavy (non-hydrogen) atoms. The van der Waals surface area contributed by atoms with Gasteiger partial charge < -0.3 is 4.74 Å². The molecule has 0 fully saturated rings. The van der Waals surface area contributed by atoms with Crippen molar-refractivity contribution in [2.24, 2.45) is 0 Å². The zero-order valence-corrected chi connectivity index (χ0v) is 13.1. The van der Waals surface area contributed by atoms with Crippen molar-refractivity contribution in [1.82, 2.24) is 0 Å². The van der Waals surface area contributed by atoms with Gasteiger partial charge in [-0.15, -0.1) is 0 Å². The lowest BCUT2D eigenvalue weighted by Gasteiger charge is -2.10. The SMILES string of the molecule is CCC/C=C(/COCc1ccc(Cl)cc1)c1ccccc1. The second-order valence-corrected chi connectivity index (χ2v) is 5.44. The van der Waals surface area contributed by atoms with E-state index in [2.05, 4.69) is 37.3 Å². The summed E-state index contributed by atoms with van der Waals surface area (Å²) < 4.78 is 5.86. The van der Waals surface area contributed by atoms with Crippen LogP contribution in [0.25, 0.3) is 5.57 Å². The van der Waals surface area contributed by atoms with Crippen LogP contribution in [0, 0.1) is 0 Å². The monoisotopic (exact) mass is 300 g/mol. The molecule has 2 aromatic rings. The van der Waals surface area contributed by atoms with Crippen LogP contribution in [0.2, 0.25) is 5.02 Å². The second kappa shape index (κ2) is 8.66. The third-order valence-corrected chi connectivity index (χ3v) is 3.52. The Bertz CT molecular complexity index is 558. The van der Waals surface area contributed by atoms with Crippen molar-refractivity contribution in [1.29, 1.82) is 0 Å². The molecular formula is C19H21ClO. The van der Waals surface area contributed by atoms with Crippen LogP contribution in [0.3, 0.4) is 0 Å². The van der Waals surface area contributed by atoms with Gasteiger partial charge in [-0.05, 0) is 35.3 Å². The van der Waals surface area contributed by atoms with Gasteiger partial charge in [0.25, 0.3) is 0 Å². The quantitative estimate of drug-likeness (QED) is 0.633. The average molecular weight is 301 g/mol. The summed E-state index contributed by atoms with van der Waals surface area (Å²) in [5, 5.41) is 0.756. The van der Waals surface area contributed by atoms with E-state index >= 15 is 0 Å². The van der Waals surface area contributed by atoms with Gasteiger partial charge in [-0.3, -0.25) is 0 Å². The highest BCUT2D eigenvalue weighted by Crippen LogP contribution is 2.17. The summed E-state index contributed by atoms with van der Waals surface area (Å²) in [6, 6.07) is 18.2. The smallest absolute Gasteiger partial charge is 0.0724 e. The van der Waals surface area contributed by atoms with Crippen molar-refractivity contribution in [3.05, 3.63) is 76.8 Å². The number of benzene rings is 2. The van der Waals surface area contributed by atoms with Crippen LogP contribution in [-0.2, 0) is 11.3 Å². The first kappa shape index (κ1) is 15.8. The minimum atomic E-state index is 0.605. The number of rotatable bonds is 7. The summed E-state index contributed by atoms with van der Waals surface area (Å²) >= 11 is 5.88. The maximum atomic E-state index is 5.88. The lowest BCUT2D eigenvalue weighted by Crippen LogP contribution is -1.99. The molecule has 0 radical (unpaired) electrons. The van der Waals surface area contributed by atoms with Crippen LogP contribution in [0.1, 0.15) is 30.9 Å². The Kier molecular flexibility index (Phi) is 6.52. The van der Waals surface area contributed by atoms with Gasteiger partial charge in [0, 0.05) is 5.02 Å². The minimum absolute atomic E-state index is 0.605. The molecule has 110 valence electrons. The van der Waals surface area contributed by atoms with E-state index in [1.807, 2.05) is 30.3 Å².